The van der Waals surface area contributed by atoms with Gasteiger partial charge in [0.1, 0.15) is 0 Å². The van der Waals surface area contributed by atoms with E-state index >= 15 is 0 Å². The fourth-order valence-corrected chi connectivity index (χ4v) is 4.23. The van der Waals surface area contributed by atoms with E-state index in [-0.39, 0.29) is 5.88 Å². The van der Waals surface area contributed by atoms with E-state index in [0.717, 1.165) is 38.5 Å². The molecule has 2 heterocycles. The Kier molecular flexibility index (Phi) is 3.90. The molecule has 124 valence electrons. The van der Waals surface area contributed by atoms with Crippen molar-refractivity contribution < 1.29 is 5.11 Å². The van der Waals surface area contributed by atoms with Crippen molar-refractivity contribution in [3.63, 3.8) is 0 Å². The molecule has 3 nitrogen and oxygen atoms in total. The van der Waals surface area contributed by atoms with Crippen molar-refractivity contribution in [3.8, 4) is 11.6 Å². The Hall–Kier alpha value is -2.50. The zero-order chi connectivity index (χ0) is 17.6. The summed E-state index contributed by atoms with van der Waals surface area (Å²) in [7, 11) is 0. The molecule has 1 aliphatic heterocycles. The molecule has 4 rings (SSSR count). The van der Waals surface area contributed by atoms with Crippen LogP contribution in [-0.4, -0.2) is 15.9 Å². The summed E-state index contributed by atoms with van der Waals surface area (Å²) in [6.07, 6.45) is 3.78. The lowest BCUT2D eigenvalue weighted by Crippen LogP contribution is -1.97. The van der Waals surface area contributed by atoms with Gasteiger partial charge in [-0.05, 0) is 55.4 Å². The number of thiazole rings is 1. The van der Waals surface area contributed by atoms with E-state index in [1.54, 1.807) is 4.57 Å². The van der Waals surface area contributed by atoms with E-state index in [4.69, 9.17) is 12.2 Å². The molecule has 0 radical (unpaired) electrons. The summed E-state index contributed by atoms with van der Waals surface area (Å²) in [5, 5.41) is 10.8. The quantitative estimate of drug-likeness (QED) is 0.579. The van der Waals surface area contributed by atoms with Crippen LogP contribution in [0.4, 0.5) is 5.69 Å². The van der Waals surface area contributed by atoms with Gasteiger partial charge in [-0.15, -0.1) is 11.3 Å². The molecule has 0 saturated carbocycles. The lowest BCUT2D eigenvalue weighted by Gasteiger charge is -2.09. The zero-order valence-electron chi connectivity index (χ0n) is 13.9. The smallest absolute Gasteiger partial charge is 0.215 e. The van der Waals surface area contributed by atoms with Gasteiger partial charge in [-0.3, -0.25) is 9.56 Å². The van der Waals surface area contributed by atoms with Crippen LogP contribution in [0.25, 0.3) is 17.3 Å². The highest BCUT2D eigenvalue weighted by Crippen LogP contribution is 2.37. The van der Waals surface area contributed by atoms with Gasteiger partial charge in [-0.1, -0.05) is 30.3 Å². The molecule has 2 aromatic carbocycles. The average molecular weight is 364 g/mol. The normalized spacial score (nSPS) is 14.2. The van der Waals surface area contributed by atoms with Crippen LogP contribution < -0.4 is 0 Å². The third-order valence-electron chi connectivity index (χ3n) is 4.26. The Morgan fingerprint density at radius 2 is 1.96 bits per heavy atom. The van der Waals surface area contributed by atoms with Gasteiger partial charge >= 0.3 is 0 Å². The highest BCUT2D eigenvalue weighted by atomic mass is 32.1. The van der Waals surface area contributed by atoms with Gasteiger partial charge in [-0.2, -0.15) is 0 Å². The molecule has 0 bridgehead atoms. The molecule has 1 aliphatic rings. The molecule has 25 heavy (non-hydrogen) atoms. The molecular formula is C20H16N2OS2. The Balaban J connectivity index is 1.85. The molecule has 5 heteroatoms. The van der Waals surface area contributed by atoms with Gasteiger partial charge in [0.2, 0.25) is 5.88 Å². The van der Waals surface area contributed by atoms with E-state index in [1.807, 2.05) is 62.5 Å². The number of benzene rings is 2. The lowest BCUT2D eigenvalue weighted by atomic mass is 10.1. The number of nitrogens with zero attached hydrogens (tertiary/aromatic N) is 2. The second kappa shape index (κ2) is 6.10. The van der Waals surface area contributed by atoms with Gasteiger partial charge in [0, 0.05) is 17.4 Å². The number of aliphatic imine (C=N–C) groups is 1. The Morgan fingerprint density at radius 1 is 1.16 bits per heavy atom. The minimum atomic E-state index is 0.175. The van der Waals surface area contributed by atoms with E-state index < -0.39 is 0 Å². The van der Waals surface area contributed by atoms with Gasteiger partial charge in [0.05, 0.1) is 16.3 Å². The van der Waals surface area contributed by atoms with Crippen LogP contribution >= 0.6 is 23.6 Å². The fourth-order valence-electron chi connectivity index (χ4n) is 2.94. The molecule has 0 amide bonds. The first-order valence-corrected chi connectivity index (χ1v) is 9.14. The number of aromatic hydroxyl groups is 1. The van der Waals surface area contributed by atoms with Crippen LogP contribution in [0.15, 0.2) is 47.5 Å². The van der Waals surface area contributed by atoms with Crippen molar-refractivity contribution in [2.45, 2.75) is 13.8 Å². The standard InChI is InChI=1S/C20H16N2OS2/c1-12-7-8-13(2)17(9-12)22-19(23)18(25-20(22)24)10-14-11-21-16-6-4-3-5-15(14)16/h3-11,23H,1-2H3/b14-10+. The molecule has 0 spiro atoms. The van der Waals surface area contributed by atoms with Gasteiger partial charge < -0.3 is 5.11 Å². The number of para-hydroxylation sites is 1. The highest BCUT2D eigenvalue weighted by molar-refractivity contribution is 7.73. The van der Waals surface area contributed by atoms with E-state index in [9.17, 15) is 5.11 Å². The Bertz CT molecular complexity index is 1100. The molecule has 0 saturated heterocycles. The van der Waals surface area contributed by atoms with Crippen LogP contribution in [0, 0.1) is 17.8 Å². The van der Waals surface area contributed by atoms with Crippen molar-refractivity contribution in [1.29, 1.82) is 0 Å². The fraction of sp³-hybridized carbons (Fsp3) is 0.100. The first-order valence-electron chi connectivity index (χ1n) is 7.92. The summed E-state index contributed by atoms with van der Waals surface area (Å²) in [5.41, 5.74) is 6.12. The van der Waals surface area contributed by atoms with E-state index in [2.05, 4.69) is 11.1 Å². The van der Waals surface area contributed by atoms with Gasteiger partial charge in [0.25, 0.3) is 0 Å². The van der Waals surface area contributed by atoms with Crippen LogP contribution in [0.3, 0.4) is 0 Å². The molecule has 0 aliphatic carbocycles. The van der Waals surface area contributed by atoms with Crippen molar-refractivity contribution in [1.82, 2.24) is 4.57 Å². The number of hydrogen-bond donors (Lipinski definition) is 1. The maximum atomic E-state index is 10.8. The van der Waals surface area contributed by atoms with Crippen LogP contribution in [0.2, 0.25) is 0 Å². The average Bonchev–Trinajstić information content (AvgIpc) is 3.12. The number of fused-ring (bicyclic) bond motifs is 1. The summed E-state index contributed by atoms with van der Waals surface area (Å²) in [4.78, 5) is 5.16. The SMILES string of the molecule is Cc1ccc(C)c(-n2c(O)c(/C=C3\C=Nc4ccccc43)sc2=S)c1. The molecule has 1 aromatic heterocycles. The lowest BCUT2D eigenvalue weighted by molar-refractivity contribution is 0.441. The van der Waals surface area contributed by atoms with Gasteiger partial charge in [-0.25, -0.2) is 0 Å². The Morgan fingerprint density at radius 3 is 2.80 bits per heavy atom. The van der Waals surface area contributed by atoms with Crippen LogP contribution in [-0.2, 0) is 0 Å². The molecular weight excluding hydrogens is 348 g/mol. The summed E-state index contributed by atoms with van der Waals surface area (Å²) in [5.74, 6) is 0.175. The summed E-state index contributed by atoms with van der Waals surface area (Å²) in [6, 6.07) is 14.1. The first-order chi connectivity index (χ1) is 12.0. The number of rotatable bonds is 2. The number of allylic oxidation sites excluding steroid dienone is 1. The highest BCUT2D eigenvalue weighted by Gasteiger charge is 2.17. The second-order valence-corrected chi connectivity index (χ2v) is 7.73. The minimum absolute atomic E-state index is 0.175. The van der Waals surface area contributed by atoms with Crippen molar-refractivity contribution in [2.75, 3.05) is 0 Å². The van der Waals surface area contributed by atoms with Gasteiger partial charge in [0.15, 0.2) is 3.95 Å². The predicted octanol–water partition coefficient (Wildman–Crippen LogP) is 5.85. The second-order valence-electron chi connectivity index (χ2n) is 6.06. The molecule has 3 aromatic rings. The number of hydrogen-bond acceptors (Lipinski definition) is 4. The molecule has 1 N–H and O–H groups in total. The monoisotopic (exact) mass is 364 g/mol. The van der Waals surface area contributed by atoms with Crippen LogP contribution in [0.5, 0.6) is 5.88 Å². The molecule has 0 unspecified atom stereocenters. The third kappa shape index (κ3) is 2.75. The predicted molar refractivity (Wildman–Crippen MR) is 108 cm³/mol. The number of aromatic nitrogens is 1. The summed E-state index contributed by atoms with van der Waals surface area (Å²) >= 11 is 6.92. The van der Waals surface area contributed by atoms with Crippen molar-refractivity contribution in [3.05, 3.63) is 68.0 Å². The topological polar surface area (TPSA) is 37.5 Å². The molecule has 0 atom stereocenters. The minimum Gasteiger partial charge on any atom is -0.493 e. The summed E-state index contributed by atoms with van der Waals surface area (Å²) < 4.78 is 2.37. The number of aryl methyl sites for hydroxylation is 2. The first kappa shape index (κ1) is 16.0. The Labute approximate surface area is 155 Å². The molecule has 0 fully saturated rings. The van der Waals surface area contributed by atoms with Crippen LogP contribution in [0.1, 0.15) is 21.6 Å². The van der Waals surface area contributed by atoms with E-state index in [1.165, 1.54) is 11.3 Å². The summed E-state index contributed by atoms with van der Waals surface area (Å²) in [6.45, 7) is 4.05. The third-order valence-corrected chi connectivity index (χ3v) is 5.57. The van der Waals surface area contributed by atoms with E-state index in [0.29, 0.717) is 3.95 Å². The maximum Gasteiger partial charge on any atom is 0.215 e. The van der Waals surface area contributed by atoms with Crippen molar-refractivity contribution >= 4 is 47.1 Å². The largest absolute Gasteiger partial charge is 0.493 e. The zero-order valence-corrected chi connectivity index (χ0v) is 15.5. The van der Waals surface area contributed by atoms with Crippen molar-refractivity contribution in [2.24, 2.45) is 4.99 Å². The maximum absolute atomic E-state index is 10.8.